The van der Waals surface area contributed by atoms with Crippen molar-refractivity contribution in [3.05, 3.63) is 60.3 Å². The number of carbonyl (C=O) groups is 2. The quantitative estimate of drug-likeness (QED) is 0.648. The molecule has 2 aliphatic heterocycles. The number of rotatable bonds is 5. The number of nitrogens with zero attached hydrogens (tertiary/aromatic N) is 2. The Labute approximate surface area is 192 Å². The van der Waals surface area contributed by atoms with E-state index in [1.54, 1.807) is 16.9 Å². The van der Waals surface area contributed by atoms with Crippen LogP contribution in [0.2, 0.25) is 0 Å². The standard InChI is InChI=1S/C25H27N3O5/c1-31-19-8-7-17-13-22(26-21(17)14-19)24(29)28-16-20(33-18-5-3-2-4-6-18)15-23(28)25(30)27-9-11-32-12-10-27/h2-8,13-14,20,23,26H,9-12,15-16H2,1H3/t20-,23-/m0/s1. The van der Waals surface area contributed by atoms with E-state index in [1.165, 1.54) is 0 Å². The first-order chi connectivity index (χ1) is 16.1. The van der Waals surface area contributed by atoms with Gasteiger partial charge in [-0.15, -0.1) is 0 Å². The predicted octanol–water partition coefficient (Wildman–Crippen LogP) is 2.70. The summed E-state index contributed by atoms with van der Waals surface area (Å²) in [7, 11) is 1.61. The van der Waals surface area contributed by atoms with Gasteiger partial charge in [0.05, 0.1) is 26.9 Å². The fraction of sp³-hybridized carbons (Fsp3) is 0.360. The summed E-state index contributed by atoms with van der Waals surface area (Å²) < 4.78 is 16.8. The van der Waals surface area contributed by atoms with Gasteiger partial charge in [0.25, 0.3) is 5.91 Å². The molecule has 2 fully saturated rings. The topological polar surface area (TPSA) is 84.1 Å². The summed E-state index contributed by atoms with van der Waals surface area (Å²) >= 11 is 0. The highest BCUT2D eigenvalue weighted by Gasteiger charge is 2.43. The maximum absolute atomic E-state index is 13.6. The maximum Gasteiger partial charge on any atom is 0.271 e. The van der Waals surface area contributed by atoms with Gasteiger partial charge in [-0.05, 0) is 30.3 Å². The van der Waals surface area contributed by atoms with Crippen LogP contribution in [-0.2, 0) is 9.53 Å². The summed E-state index contributed by atoms with van der Waals surface area (Å²) in [4.78, 5) is 33.6. The number of likely N-dealkylation sites (tertiary alicyclic amines) is 1. The molecule has 3 aromatic rings. The minimum atomic E-state index is -0.578. The maximum atomic E-state index is 13.6. The number of nitrogens with one attached hydrogen (secondary N) is 1. The fourth-order valence-electron chi connectivity index (χ4n) is 4.53. The number of ether oxygens (including phenoxy) is 3. The molecular weight excluding hydrogens is 422 g/mol. The van der Waals surface area contributed by atoms with Crippen molar-refractivity contribution in [3.63, 3.8) is 0 Å². The zero-order chi connectivity index (χ0) is 22.8. The largest absolute Gasteiger partial charge is 0.497 e. The van der Waals surface area contributed by atoms with Crippen LogP contribution < -0.4 is 9.47 Å². The van der Waals surface area contributed by atoms with Crippen molar-refractivity contribution >= 4 is 22.7 Å². The minimum absolute atomic E-state index is 0.0522. The zero-order valence-electron chi connectivity index (χ0n) is 18.5. The highest BCUT2D eigenvalue weighted by atomic mass is 16.5. The summed E-state index contributed by atoms with van der Waals surface area (Å²) in [5.74, 6) is 1.17. The molecule has 2 atom stereocenters. The van der Waals surface area contributed by atoms with E-state index in [1.807, 2.05) is 54.6 Å². The van der Waals surface area contributed by atoms with E-state index in [0.717, 1.165) is 16.7 Å². The lowest BCUT2D eigenvalue weighted by Gasteiger charge is -2.32. The van der Waals surface area contributed by atoms with E-state index in [0.29, 0.717) is 50.7 Å². The van der Waals surface area contributed by atoms with Gasteiger partial charge in [0.2, 0.25) is 5.91 Å². The molecule has 8 nitrogen and oxygen atoms in total. The first kappa shape index (κ1) is 21.3. The highest BCUT2D eigenvalue weighted by Crippen LogP contribution is 2.28. The molecule has 0 aliphatic carbocycles. The minimum Gasteiger partial charge on any atom is -0.497 e. The second-order valence-electron chi connectivity index (χ2n) is 8.34. The molecule has 8 heteroatoms. The Morgan fingerprint density at radius 3 is 2.58 bits per heavy atom. The molecule has 2 amide bonds. The van der Waals surface area contributed by atoms with Gasteiger partial charge in [-0.1, -0.05) is 18.2 Å². The molecule has 3 heterocycles. The van der Waals surface area contributed by atoms with Gasteiger partial charge < -0.3 is 29.0 Å². The Morgan fingerprint density at radius 1 is 1.03 bits per heavy atom. The second kappa shape index (κ2) is 9.15. The van der Waals surface area contributed by atoms with E-state index in [9.17, 15) is 9.59 Å². The molecule has 0 unspecified atom stereocenters. The van der Waals surface area contributed by atoms with Crippen molar-refractivity contribution in [2.45, 2.75) is 18.6 Å². The van der Waals surface area contributed by atoms with Gasteiger partial charge in [0.1, 0.15) is 29.3 Å². The normalized spacial score (nSPS) is 20.8. The van der Waals surface area contributed by atoms with Crippen LogP contribution in [0.15, 0.2) is 54.6 Å². The van der Waals surface area contributed by atoms with Crippen LogP contribution >= 0.6 is 0 Å². The first-order valence-corrected chi connectivity index (χ1v) is 11.2. The molecule has 2 aromatic carbocycles. The Bertz CT molecular complexity index is 1140. The molecule has 0 spiro atoms. The van der Waals surface area contributed by atoms with Crippen molar-refractivity contribution in [1.29, 1.82) is 0 Å². The Hall–Kier alpha value is -3.52. The van der Waals surface area contributed by atoms with Crippen LogP contribution in [0.1, 0.15) is 16.9 Å². The number of benzene rings is 2. The van der Waals surface area contributed by atoms with E-state index in [2.05, 4.69) is 4.98 Å². The van der Waals surface area contributed by atoms with E-state index >= 15 is 0 Å². The van der Waals surface area contributed by atoms with Crippen molar-refractivity contribution in [1.82, 2.24) is 14.8 Å². The van der Waals surface area contributed by atoms with E-state index < -0.39 is 6.04 Å². The number of hydrogen-bond donors (Lipinski definition) is 1. The fourth-order valence-corrected chi connectivity index (χ4v) is 4.53. The highest BCUT2D eigenvalue weighted by molar-refractivity contribution is 6.00. The molecule has 5 rings (SSSR count). The smallest absolute Gasteiger partial charge is 0.271 e. The van der Waals surface area contributed by atoms with Crippen molar-refractivity contribution < 1.29 is 23.8 Å². The van der Waals surface area contributed by atoms with E-state index in [4.69, 9.17) is 14.2 Å². The number of fused-ring (bicyclic) bond motifs is 1. The molecule has 0 radical (unpaired) electrons. The molecule has 1 N–H and O–H groups in total. The number of aromatic nitrogens is 1. The summed E-state index contributed by atoms with van der Waals surface area (Å²) in [5, 5.41) is 0.909. The zero-order valence-corrected chi connectivity index (χ0v) is 18.5. The Kier molecular flexibility index (Phi) is 5.92. The lowest BCUT2D eigenvalue weighted by Crippen LogP contribution is -2.51. The van der Waals surface area contributed by atoms with Crippen molar-refractivity contribution in [2.24, 2.45) is 0 Å². The van der Waals surface area contributed by atoms with Gasteiger partial charge in [-0.25, -0.2) is 0 Å². The molecule has 2 aliphatic rings. The van der Waals surface area contributed by atoms with Crippen molar-refractivity contribution in [3.8, 4) is 11.5 Å². The molecule has 1 aromatic heterocycles. The number of H-pyrrole nitrogens is 1. The summed E-state index contributed by atoms with van der Waals surface area (Å²) in [6.45, 7) is 2.44. The molecule has 172 valence electrons. The number of methoxy groups -OCH3 is 1. The third kappa shape index (κ3) is 4.39. The molecule has 0 saturated carbocycles. The van der Waals surface area contributed by atoms with Crippen LogP contribution in [0.4, 0.5) is 0 Å². The number of morpholine rings is 1. The average molecular weight is 450 g/mol. The molecule has 33 heavy (non-hydrogen) atoms. The van der Waals surface area contributed by atoms with Crippen LogP contribution in [-0.4, -0.2) is 78.7 Å². The summed E-state index contributed by atoms with van der Waals surface area (Å²) in [6, 6.07) is 16.4. The number of amides is 2. The third-order valence-electron chi connectivity index (χ3n) is 6.24. The Morgan fingerprint density at radius 2 is 1.82 bits per heavy atom. The van der Waals surface area contributed by atoms with Crippen molar-refractivity contribution in [2.75, 3.05) is 40.0 Å². The summed E-state index contributed by atoms with van der Waals surface area (Å²) in [5.41, 5.74) is 1.25. The monoisotopic (exact) mass is 449 g/mol. The molecule has 2 saturated heterocycles. The first-order valence-electron chi connectivity index (χ1n) is 11.2. The predicted molar refractivity (Wildman–Crippen MR) is 123 cm³/mol. The lowest BCUT2D eigenvalue weighted by atomic mass is 10.1. The van der Waals surface area contributed by atoms with E-state index in [-0.39, 0.29) is 17.9 Å². The van der Waals surface area contributed by atoms with Gasteiger partial charge in [0, 0.05) is 36.5 Å². The van der Waals surface area contributed by atoms with Gasteiger partial charge in [-0.2, -0.15) is 0 Å². The lowest BCUT2D eigenvalue weighted by molar-refractivity contribution is -0.139. The number of hydrogen-bond acceptors (Lipinski definition) is 5. The average Bonchev–Trinajstić information content (AvgIpc) is 3.48. The van der Waals surface area contributed by atoms with Crippen LogP contribution in [0, 0.1) is 0 Å². The van der Waals surface area contributed by atoms with Gasteiger partial charge >= 0.3 is 0 Å². The number of carbonyl (C=O) groups excluding carboxylic acids is 2. The Balaban J connectivity index is 1.41. The van der Waals surface area contributed by atoms with Gasteiger partial charge in [0.15, 0.2) is 0 Å². The van der Waals surface area contributed by atoms with Crippen LogP contribution in [0.25, 0.3) is 10.9 Å². The molecular formula is C25H27N3O5. The number of para-hydroxylation sites is 1. The van der Waals surface area contributed by atoms with Gasteiger partial charge in [-0.3, -0.25) is 9.59 Å². The second-order valence-corrected chi connectivity index (χ2v) is 8.34. The number of aromatic amines is 1. The summed E-state index contributed by atoms with van der Waals surface area (Å²) in [6.07, 6.45) is 0.182. The SMILES string of the molecule is COc1ccc2cc(C(=O)N3C[C@@H](Oc4ccccc4)C[C@H]3C(=O)N3CCOCC3)[nH]c2c1. The molecule has 0 bridgehead atoms. The third-order valence-corrected chi connectivity index (χ3v) is 6.24. The van der Waals surface area contributed by atoms with Crippen LogP contribution in [0.5, 0.6) is 11.5 Å². The van der Waals surface area contributed by atoms with Crippen LogP contribution in [0.3, 0.4) is 0 Å².